The third kappa shape index (κ3) is 3.99. The molecule has 9 atom stereocenters. The van der Waals surface area contributed by atoms with E-state index in [1.165, 1.54) is 11.8 Å². The number of benzene rings is 2. The number of hydrogen-bond acceptors (Lipinski definition) is 8. The van der Waals surface area contributed by atoms with Crippen LogP contribution in [0.15, 0.2) is 82.7 Å². The summed E-state index contributed by atoms with van der Waals surface area (Å²) < 4.78 is 15.6. The van der Waals surface area contributed by atoms with Crippen molar-refractivity contribution in [3.8, 4) is 0 Å². The zero-order valence-corrected chi connectivity index (χ0v) is 25.9. The molecule has 0 bridgehead atoms. The maximum Gasteiger partial charge on any atom is 0.185 e. The highest BCUT2D eigenvalue weighted by molar-refractivity contribution is 8.01. The molecule has 3 aromatic rings. The number of ether oxygens (including phenoxy) is 2. The highest BCUT2D eigenvalue weighted by atomic mass is 32.2. The van der Waals surface area contributed by atoms with Crippen LogP contribution in [0.1, 0.15) is 51.4 Å². The van der Waals surface area contributed by atoms with E-state index in [0.29, 0.717) is 12.8 Å². The minimum absolute atomic E-state index is 0.0154. The number of hydrogen-bond donors (Lipinski definition) is 1. The van der Waals surface area contributed by atoms with Gasteiger partial charge >= 0.3 is 0 Å². The van der Waals surface area contributed by atoms with Gasteiger partial charge in [-0.2, -0.15) is 0 Å². The molecule has 6 unspecified atom stereocenters. The molecule has 222 valence electrons. The Kier molecular flexibility index (Phi) is 6.45. The van der Waals surface area contributed by atoms with Crippen molar-refractivity contribution in [1.82, 2.24) is 4.98 Å². The number of allylic oxidation sites excluding steroid dienone is 4. The Morgan fingerprint density at radius 3 is 2.74 bits per heavy atom. The summed E-state index contributed by atoms with van der Waals surface area (Å²) in [5.41, 5.74) is 0.798. The van der Waals surface area contributed by atoms with Crippen LogP contribution in [-0.2, 0) is 19.1 Å². The molecule has 6 nitrogen and oxygen atoms in total. The van der Waals surface area contributed by atoms with Crippen molar-refractivity contribution in [1.29, 1.82) is 0 Å². The molecule has 3 saturated carbocycles. The lowest BCUT2D eigenvalue weighted by Crippen LogP contribution is -2.63. The van der Waals surface area contributed by atoms with Gasteiger partial charge in [0.05, 0.1) is 28.2 Å². The number of nitrogens with zero attached hydrogens (tertiary/aromatic N) is 1. The van der Waals surface area contributed by atoms with Gasteiger partial charge in [-0.1, -0.05) is 79.7 Å². The highest BCUT2D eigenvalue weighted by Gasteiger charge is 2.75. The van der Waals surface area contributed by atoms with Gasteiger partial charge in [-0.05, 0) is 61.8 Å². The lowest BCUT2D eigenvalue weighted by molar-refractivity contribution is -0.198. The second-order valence-corrected chi connectivity index (χ2v) is 15.6. The number of aliphatic hydroxyl groups excluding tert-OH is 1. The summed E-state index contributed by atoms with van der Waals surface area (Å²) >= 11 is 3.07. The van der Waals surface area contributed by atoms with Gasteiger partial charge in [0.25, 0.3) is 0 Å². The average molecular weight is 614 g/mol. The van der Waals surface area contributed by atoms with E-state index in [-0.39, 0.29) is 40.5 Å². The van der Waals surface area contributed by atoms with Crippen LogP contribution in [0.25, 0.3) is 10.2 Å². The summed E-state index contributed by atoms with van der Waals surface area (Å²) in [4.78, 5) is 31.7. The fraction of sp³-hybridized carbons (Fsp3) is 0.457. The third-order valence-electron chi connectivity index (χ3n) is 11.3. The first-order valence-electron chi connectivity index (χ1n) is 15.3. The number of rotatable bonds is 5. The lowest BCUT2D eigenvalue weighted by Gasteiger charge is -2.59. The van der Waals surface area contributed by atoms with Crippen LogP contribution in [0.2, 0.25) is 0 Å². The highest BCUT2D eigenvalue weighted by Crippen LogP contribution is 2.70. The molecule has 4 aliphatic carbocycles. The van der Waals surface area contributed by atoms with Crippen LogP contribution in [0.3, 0.4) is 0 Å². The van der Waals surface area contributed by atoms with Crippen LogP contribution >= 0.6 is 23.1 Å². The number of aromatic nitrogens is 1. The smallest absolute Gasteiger partial charge is 0.185 e. The zero-order chi connectivity index (χ0) is 29.6. The Bertz CT molecular complexity index is 1650. The first-order chi connectivity index (χ1) is 20.7. The normalized spacial score (nSPS) is 39.6. The molecule has 1 aliphatic heterocycles. The molecule has 1 saturated heterocycles. The van der Waals surface area contributed by atoms with E-state index >= 15 is 0 Å². The van der Waals surface area contributed by atoms with Crippen molar-refractivity contribution in [2.24, 2.45) is 28.6 Å². The summed E-state index contributed by atoms with van der Waals surface area (Å²) in [6.45, 7) is 4.34. The standard InChI is InChI=1S/C35H35NO5S2/c1-33-15-14-22(37)16-21(33)12-13-23-24-17-29-35(34(24,2)18-26(38)30(23)33,41-31(40-29)20-8-4-3-5-9-20)28(39)19-42-32-36-25-10-6-7-11-27(25)43-32/h3-11,14-16,23-24,26,29-31,38H,12-13,17-19H2,1-2H3/t23?,24?,26-,29+,30?,31?,33?,34?,35+/m0/s1. The Labute approximate surface area is 259 Å². The van der Waals surface area contributed by atoms with Crippen molar-refractivity contribution >= 4 is 44.9 Å². The molecule has 1 N–H and O–H groups in total. The quantitative estimate of drug-likeness (QED) is 0.321. The van der Waals surface area contributed by atoms with Gasteiger partial charge in [0.2, 0.25) is 0 Å². The number of para-hydroxylation sites is 1. The Morgan fingerprint density at radius 1 is 1.14 bits per heavy atom. The van der Waals surface area contributed by atoms with E-state index in [2.05, 4.69) is 19.9 Å². The molecule has 0 spiro atoms. The van der Waals surface area contributed by atoms with E-state index in [0.717, 1.165) is 38.5 Å². The number of carbonyl (C=O) groups is 2. The number of ketones is 2. The minimum atomic E-state index is -1.18. The topological polar surface area (TPSA) is 85.7 Å². The van der Waals surface area contributed by atoms with E-state index in [1.807, 2.05) is 54.6 Å². The molecule has 8 rings (SSSR count). The summed E-state index contributed by atoms with van der Waals surface area (Å²) in [5.74, 6) is 0.569. The van der Waals surface area contributed by atoms with Crippen molar-refractivity contribution in [2.75, 3.05) is 5.75 Å². The number of fused-ring (bicyclic) bond motifs is 8. The molecular weight excluding hydrogens is 579 g/mol. The first kappa shape index (κ1) is 27.9. The summed E-state index contributed by atoms with van der Waals surface area (Å²) in [7, 11) is 0. The van der Waals surface area contributed by atoms with E-state index in [4.69, 9.17) is 14.5 Å². The maximum absolute atomic E-state index is 14.7. The molecular formula is C35H35NO5S2. The van der Waals surface area contributed by atoms with Crippen molar-refractivity contribution in [3.63, 3.8) is 0 Å². The first-order valence-corrected chi connectivity index (χ1v) is 17.1. The maximum atomic E-state index is 14.7. The lowest BCUT2D eigenvalue weighted by atomic mass is 9.46. The predicted octanol–water partition coefficient (Wildman–Crippen LogP) is 6.70. The van der Waals surface area contributed by atoms with Crippen LogP contribution in [0, 0.1) is 28.6 Å². The summed E-state index contributed by atoms with van der Waals surface area (Å²) in [6.07, 6.45) is 6.64. The fourth-order valence-corrected chi connectivity index (χ4v) is 11.5. The Hall–Kier alpha value is -2.62. The van der Waals surface area contributed by atoms with Gasteiger partial charge in [-0.3, -0.25) is 9.59 Å². The predicted molar refractivity (Wildman–Crippen MR) is 167 cm³/mol. The second-order valence-electron chi connectivity index (χ2n) is 13.3. The molecule has 0 amide bonds. The Morgan fingerprint density at radius 2 is 1.93 bits per heavy atom. The molecule has 43 heavy (non-hydrogen) atoms. The fourth-order valence-electron chi connectivity index (χ4n) is 9.47. The average Bonchev–Trinajstić information content (AvgIpc) is 3.66. The molecule has 5 aliphatic rings. The summed E-state index contributed by atoms with van der Waals surface area (Å²) in [5, 5.41) is 12.0. The second kappa shape index (κ2) is 9.94. The molecule has 2 heterocycles. The van der Waals surface area contributed by atoms with Gasteiger partial charge < -0.3 is 14.6 Å². The van der Waals surface area contributed by atoms with Gasteiger partial charge in [-0.15, -0.1) is 11.3 Å². The number of carbonyl (C=O) groups excluding carboxylic acids is 2. The van der Waals surface area contributed by atoms with E-state index in [1.54, 1.807) is 23.5 Å². The van der Waals surface area contributed by atoms with Crippen molar-refractivity contribution < 1.29 is 24.2 Å². The van der Waals surface area contributed by atoms with E-state index in [9.17, 15) is 14.7 Å². The number of Topliss-reactive ketones (excluding diaryl/α,β-unsaturated/α-hetero) is 1. The van der Waals surface area contributed by atoms with Crippen molar-refractivity contribution in [3.05, 3.63) is 84.0 Å². The minimum Gasteiger partial charge on any atom is -0.393 e. The summed E-state index contributed by atoms with van der Waals surface area (Å²) in [6, 6.07) is 17.9. The monoisotopic (exact) mass is 613 g/mol. The van der Waals surface area contributed by atoms with Crippen LogP contribution in [-0.4, -0.2) is 45.2 Å². The largest absolute Gasteiger partial charge is 0.393 e. The van der Waals surface area contributed by atoms with Crippen LogP contribution in [0.5, 0.6) is 0 Å². The SMILES string of the molecule is CC12C=CC(=O)C=C1CCC1C2[C@@H](O)CC2(C)C1C[C@H]1OC(c3ccccc3)O[C@]12C(=O)CSc1nc2ccccc2s1. The van der Waals surface area contributed by atoms with Gasteiger partial charge in [0.1, 0.15) is 0 Å². The molecule has 2 aromatic carbocycles. The van der Waals surface area contributed by atoms with Crippen LogP contribution in [0.4, 0.5) is 0 Å². The molecule has 8 heteroatoms. The molecule has 0 radical (unpaired) electrons. The van der Waals surface area contributed by atoms with Crippen molar-refractivity contribution in [2.45, 2.75) is 68.0 Å². The number of aliphatic hydroxyl groups is 1. The van der Waals surface area contributed by atoms with Gasteiger partial charge in [-0.25, -0.2) is 4.98 Å². The Balaban J connectivity index is 1.15. The number of thiazole rings is 1. The zero-order valence-electron chi connectivity index (χ0n) is 24.3. The van der Waals surface area contributed by atoms with Gasteiger partial charge in [0, 0.05) is 22.3 Å². The van der Waals surface area contributed by atoms with Crippen LogP contribution < -0.4 is 0 Å². The van der Waals surface area contributed by atoms with Gasteiger partial charge in [0.15, 0.2) is 27.8 Å². The van der Waals surface area contributed by atoms with E-state index < -0.39 is 29.5 Å². The third-order valence-corrected chi connectivity index (χ3v) is 13.5. The number of thioether (sulfide) groups is 1. The molecule has 1 aromatic heterocycles. The molecule has 4 fully saturated rings.